The molecule has 3 N–H and O–H groups in total. The Balaban J connectivity index is 2.32. The Morgan fingerprint density at radius 3 is 2.61 bits per heavy atom. The molecule has 1 fully saturated rings. The molecule has 1 aliphatic carbocycles. The summed E-state index contributed by atoms with van der Waals surface area (Å²) in [4.78, 5) is 11.2. The Morgan fingerprint density at radius 1 is 1.39 bits per heavy atom. The second kappa shape index (κ2) is 4.98. The van der Waals surface area contributed by atoms with E-state index in [1.807, 2.05) is 13.0 Å². The molecule has 98 valence electrons. The van der Waals surface area contributed by atoms with E-state index in [9.17, 15) is 15.0 Å². The second-order valence-electron chi connectivity index (χ2n) is 5.12. The number of anilines is 1. The number of carboxylic acids is 1. The van der Waals surface area contributed by atoms with Crippen molar-refractivity contribution in [3.05, 3.63) is 29.3 Å². The first-order valence-corrected chi connectivity index (χ1v) is 6.29. The number of aryl methyl sites for hydroxylation is 1. The SMILES string of the molecule is Cc1ccc(C(=O)O)c(NC2(CO)CCCC2)c1. The normalized spacial score (nSPS) is 17.7. The van der Waals surface area contributed by atoms with Crippen molar-refractivity contribution >= 4 is 11.7 Å². The summed E-state index contributed by atoms with van der Waals surface area (Å²) in [6.45, 7) is 1.97. The van der Waals surface area contributed by atoms with Crippen LogP contribution in [0.4, 0.5) is 5.69 Å². The maximum atomic E-state index is 11.2. The predicted molar refractivity (Wildman–Crippen MR) is 70.0 cm³/mol. The summed E-state index contributed by atoms with van der Waals surface area (Å²) >= 11 is 0. The van der Waals surface area contributed by atoms with Crippen LogP contribution in [-0.4, -0.2) is 28.3 Å². The van der Waals surface area contributed by atoms with Crippen LogP contribution in [0.3, 0.4) is 0 Å². The molecule has 0 atom stereocenters. The van der Waals surface area contributed by atoms with Gasteiger partial charge in [0.25, 0.3) is 0 Å². The van der Waals surface area contributed by atoms with E-state index in [1.54, 1.807) is 12.1 Å². The standard InChI is InChI=1S/C14H19NO3/c1-10-4-5-11(13(17)18)12(8-10)15-14(9-16)6-2-3-7-14/h4-5,8,15-16H,2-3,6-7,9H2,1H3,(H,17,18). The molecule has 0 amide bonds. The minimum Gasteiger partial charge on any atom is -0.478 e. The quantitative estimate of drug-likeness (QED) is 0.766. The molecule has 0 aliphatic heterocycles. The van der Waals surface area contributed by atoms with E-state index in [4.69, 9.17) is 0 Å². The van der Waals surface area contributed by atoms with Gasteiger partial charge in [-0.2, -0.15) is 0 Å². The molecule has 0 radical (unpaired) electrons. The van der Waals surface area contributed by atoms with Crippen molar-refractivity contribution in [2.24, 2.45) is 0 Å². The number of carboxylic acid groups (broad SMARTS) is 1. The Bertz CT molecular complexity index is 450. The lowest BCUT2D eigenvalue weighted by Gasteiger charge is -2.30. The van der Waals surface area contributed by atoms with Crippen LogP contribution in [0.2, 0.25) is 0 Å². The summed E-state index contributed by atoms with van der Waals surface area (Å²) < 4.78 is 0. The number of aliphatic hydroxyl groups is 1. The Kier molecular flexibility index (Phi) is 3.57. The van der Waals surface area contributed by atoms with Crippen LogP contribution < -0.4 is 5.32 Å². The molecule has 2 rings (SSSR count). The first kappa shape index (κ1) is 12.9. The van der Waals surface area contributed by atoms with Gasteiger partial charge >= 0.3 is 5.97 Å². The number of aromatic carboxylic acids is 1. The van der Waals surface area contributed by atoms with Crippen molar-refractivity contribution in [2.45, 2.75) is 38.1 Å². The molecule has 1 aromatic rings. The fraction of sp³-hybridized carbons (Fsp3) is 0.500. The molecule has 0 bridgehead atoms. The third-order valence-electron chi connectivity index (χ3n) is 3.67. The van der Waals surface area contributed by atoms with E-state index in [0.29, 0.717) is 5.69 Å². The highest BCUT2D eigenvalue weighted by Crippen LogP contribution is 2.34. The maximum Gasteiger partial charge on any atom is 0.337 e. The lowest BCUT2D eigenvalue weighted by atomic mass is 9.97. The number of hydrogen-bond acceptors (Lipinski definition) is 3. The number of carbonyl (C=O) groups is 1. The van der Waals surface area contributed by atoms with E-state index in [1.165, 1.54) is 0 Å². The molecule has 0 spiro atoms. The van der Waals surface area contributed by atoms with Crippen LogP contribution in [0.1, 0.15) is 41.6 Å². The van der Waals surface area contributed by atoms with Crippen LogP contribution in [-0.2, 0) is 0 Å². The molecular weight excluding hydrogens is 230 g/mol. The molecule has 4 nitrogen and oxygen atoms in total. The number of rotatable bonds is 4. The molecule has 1 aromatic carbocycles. The molecule has 1 aliphatic rings. The van der Waals surface area contributed by atoms with Gasteiger partial charge in [-0.3, -0.25) is 0 Å². The average Bonchev–Trinajstić information content (AvgIpc) is 2.78. The third-order valence-corrected chi connectivity index (χ3v) is 3.67. The predicted octanol–water partition coefficient (Wildman–Crippen LogP) is 2.41. The number of aliphatic hydroxyl groups excluding tert-OH is 1. The summed E-state index contributed by atoms with van der Waals surface area (Å²) in [6, 6.07) is 5.23. The van der Waals surface area contributed by atoms with Crippen LogP contribution in [0, 0.1) is 6.92 Å². The zero-order valence-corrected chi connectivity index (χ0v) is 10.6. The van der Waals surface area contributed by atoms with Crippen LogP contribution in [0.25, 0.3) is 0 Å². The van der Waals surface area contributed by atoms with Crippen molar-refractivity contribution in [3.63, 3.8) is 0 Å². The number of nitrogens with one attached hydrogen (secondary N) is 1. The van der Waals surface area contributed by atoms with Gasteiger partial charge in [-0.25, -0.2) is 4.79 Å². The summed E-state index contributed by atoms with van der Waals surface area (Å²) in [5, 5.41) is 22.0. The van der Waals surface area contributed by atoms with Crippen LogP contribution in [0.15, 0.2) is 18.2 Å². The number of hydrogen-bond donors (Lipinski definition) is 3. The molecule has 1 saturated carbocycles. The zero-order chi connectivity index (χ0) is 13.2. The topological polar surface area (TPSA) is 69.6 Å². The Morgan fingerprint density at radius 2 is 2.06 bits per heavy atom. The summed E-state index contributed by atoms with van der Waals surface area (Å²) in [5.74, 6) is -0.941. The smallest absolute Gasteiger partial charge is 0.337 e. The van der Waals surface area contributed by atoms with Gasteiger partial charge in [-0.1, -0.05) is 18.9 Å². The highest BCUT2D eigenvalue weighted by molar-refractivity contribution is 5.94. The molecule has 4 heteroatoms. The van der Waals surface area contributed by atoms with E-state index in [-0.39, 0.29) is 17.7 Å². The highest BCUT2D eigenvalue weighted by Gasteiger charge is 2.33. The van der Waals surface area contributed by atoms with Gasteiger partial charge in [0.15, 0.2) is 0 Å². The monoisotopic (exact) mass is 249 g/mol. The van der Waals surface area contributed by atoms with Gasteiger partial charge in [0, 0.05) is 5.69 Å². The summed E-state index contributed by atoms with van der Waals surface area (Å²) in [5.41, 5.74) is 1.53. The Hall–Kier alpha value is -1.55. The molecule has 0 unspecified atom stereocenters. The minimum atomic E-state index is -0.941. The van der Waals surface area contributed by atoms with Gasteiger partial charge < -0.3 is 15.5 Å². The lowest BCUT2D eigenvalue weighted by Crippen LogP contribution is -2.39. The minimum absolute atomic E-state index is 0.0417. The Labute approximate surface area is 107 Å². The van der Waals surface area contributed by atoms with Gasteiger partial charge in [0.2, 0.25) is 0 Å². The molecule has 0 aromatic heterocycles. The number of benzene rings is 1. The second-order valence-corrected chi connectivity index (χ2v) is 5.12. The molecule has 18 heavy (non-hydrogen) atoms. The fourth-order valence-corrected chi connectivity index (χ4v) is 2.61. The van der Waals surface area contributed by atoms with Gasteiger partial charge in [0.1, 0.15) is 0 Å². The van der Waals surface area contributed by atoms with Crippen LogP contribution >= 0.6 is 0 Å². The fourth-order valence-electron chi connectivity index (χ4n) is 2.61. The molecule has 0 saturated heterocycles. The lowest BCUT2D eigenvalue weighted by molar-refractivity contribution is 0.0697. The van der Waals surface area contributed by atoms with Crippen LogP contribution in [0.5, 0.6) is 0 Å². The van der Waals surface area contributed by atoms with E-state index < -0.39 is 5.97 Å². The largest absolute Gasteiger partial charge is 0.478 e. The van der Waals surface area contributed by atoms with Gasteiger partial charge in [-0.15, -0.1) is 0 Å². The van der Waals surface area contributed by atoms with Crippen molar-refractivity contribution in [3.8, 4) is 0 Å². The first-order valence-electron chi connectivity index (χ1n) is 6.29. The van der Waals surface area contributed by atoms with E-state index in [0.717, 1.165) is 31.2 Å². The van der Waals surface area contributed by atoms with Crippen molar-refractivity contribution < 1.29 is 15.0 Å². The van der Waals surface area contributed by atoms with Gasteiger partial charge in [0.05, 0.1) is 17.7 Å². The van der Waals surface area contributed by atoms with Gasteiger partial charge in [-0.05, 0) is 37.5 Å². The van der Waals surface area contributed by atoms with Crippen molar-refractivity contribution in [2.75, 3.05) is 11.9 Å². The zero-order valence-electron chi connectivity index (χ0n) is 10.6. The van der Waals surface area contributed by atoms with Crippen molar-refractivity contribution in [1.29, 1.82) is 0 Å². The first-order chi connectivity index (χ1) is 8.56. The third kappa shape index (κ3) is 2.48. The molecule has 0 heterocycles. The summed E-state index contributed by atoms with van der Waals surface area (Å²) in [6.07, 6.45) is 3.91. The van der Waals surface area contributed by atoms with E-state index in [2.05, 4.69) is 5.32 Å². The molecular formula is C14H19NO3. The van der Waals surface area contributed by atoms with E-state index >= 15 is 0 Å². The highest BCUT2D eigenvalue weighted by atomic mass is 16.4. The van der Waals surface area contributed by atoms with Crippen molar-refractivity contribution in [1.82, 2.24) is 0 Å². The maximum absolute atomic E-state index is 11.2. The average molecular weight is 249 g/mol. The summed E-state index contributed by atoms with van der Waals surface area (Å²) in [7, 11) is 0.